The molecule has 106 valence electrons. The smallest absolute Gasteiger partial charge is 0.222 e. The monoisotopic (exact) mass is 278 g/mol. The maximum Gasteiger partial charge on any atom is 0.222 e. The molecule has 0 unspecified atom stereocenters. The van der Waals surface area contributed by atoms with Crippen molar-refractivity contribution in [3.63, 3.8) is 0 Å². The number of halogens is 1. The number of rotatable bonds is 4. The predicted molar refractivity (Wildman–Crippen MR) is 73.0 cm³/mol. The Morgan fingerprint density at radius 2 is 1.65 bits per heavy atom. The van der Waals surface area contributed by atoms with Gasteiger partial charge in [-0.15, -0.1) is 0 Å². The maximum atomic E-state index is 13.0. The summed E-state index contributed by atoms with van der Waals surface area (Å²) in [6.45, 7) is 0. The van der Waals surface area contributed by atoms with E-state index < -0.39 is 6.29 Å². The third-order valence-electron chi connectivity index (χ3n) is 2.77. The van der Waals surface area contributed by atoms with Crippen LogP contribution >= 0.6 is 0 Å². The van der Waals surface area contributed by atoms with Crippen molar-refractivity contribution in [2.24, 2.45) is 0 Å². The molecule has 0 atom stereocenters. The molecular weight excluding hydrogens is 263 g/mol. The van der Waals surface area contributed by atoms with Crippen LogP contribution in [0.15, 0.2) is 24.3 Å². The summed E-state index contributed by atoms with van der Waals surface area (Å²) in [7, 11) is 2.94. The van der Waals surface area contributed by atoms with Gasteiger partial charge in [-0.2, -0.15) is 4.98 Å². The van der Waals surface area contributed by atoms with Crippen LogP contribution in [0, 0.1) is 5.82 Å². The fourth-order valence-electron chi connectivity index (χ4n) is 1.92. The molecule has 0 saturated carbocycles. The van der Waals surface area contributed by atoms with Crippen molar-refractivity contribution in [2.75, 3.05) is 25.7 Å². The first-order valence-electron chi connectivity index (χ1n) is 5.81. The van der Waals surface area contributed by atoms with Gasteiger partial charge in [-0.05, 0) is 17.7 Å². The fraction of sp³-hybridized carbons (Fsp3) is 0.231. The number of nitrogen functional groups attached to an aromatic ring is 2. The first kappa shape index (κ1) is 14.2. The van der Waals surface area contributed by atoms with Crippen molar-refractivity contribution >= 4 is 11.8 Å². The molecule has 6 nitrogen and oxygen atoms in total. The number of ether oxygens (including phenoxy) is 2. The minimum absolute atomic E-state index is 0.0162. The van der Waals surface area contributed by atoms with Crippen LogP contribution in [0.4, 0.5) is 16.2 Å². The van der Waals surface area contributed by atoms with Gasteiger partial charge in [-0.3, -0.25) is 0 Å². The number of hydrogen-bond donors (Lipinski definition) is 2. The second-order valence-electron chi connectivity index (χ2n) is 4.04. The molecule has 0 aliphatic rings. The van der Waals surface area contributed by atoms with E-state index in [1.54, 1.807) is 12.1 Å². The lowest BCUT2D eigenvalue weighted by atomic mass is 10.0. The second-order valence-corrected chi connectivity index (χ2v) is 4.04. The predicted octanol–water partition coefficient (Wildman–Crippen LogP) is 1.74. The Hall–Kier alpha value is -2.25. The molecule has 0 spiro atoms. The third kappa shape index (κ3) is 2.68. The lowest BCUT2D eigenvalue weighted by molar-refractivity contribution is -0.108. The topological polar surface area (TPSA) is 96.3 Å². The van der Waals surface area contributed by atoms with Gasteiger partial charge in [0.2, 0.25) is 12.2 Å². The van der Waals surface area contributed by atoms with Crippen molar-refractivity contribution < 1.29 is 13.9 Å². The van der Waals surface area contributed by atoms with E-state index in [1.165, 1.54) is 26.4 Å². The normalized spacial score (nSPS) is 11.0. The summed E-state index contributed by atoms with van der Waals surface area (Å²) in [5, 5.41) is 0. The van der Waals surface area contributed by atoms with E-state index >= 15 is 0 Å². The third-order valence-corrected chi connectivity index (χ3v) is 2.77. The first-order valence-corrected chi connectivity index (χ1v) is 5.81. The van der Waals surface area contributed by atoms with Gasteiger partial charge in [0.15, 0.2) is 0 Å². The number of benzene rings is 1. The number of methoxy groups -OCH3 is 2. The van der Waals surface area contributed by atoms with E-state index in [4.69, 9.17) is 20.9 Å². The van der Waals surface area contributed by atoms with Crippen LogP contribution < -0.4 is 11.5 Å². The number of aromatic nitrogens is 2. The average molecular weight is 278 g/mol. The second kappa shape index (κ2) is 5.81. The quantitative estimate of drug-likeness (QED) is 0.827. The molecule has 20 heavy (non-hydrogen) atoms. The molecule has 0 aliphatic heterocycles. The zero-order chi connectivity index (χ0) is 14.7. The Bertz CT molecular complexity index is 600. The number of nitrogens with zero attached hydrogens (tertiary/aromatic N) is 2. The highest BCUT2D eigenvalue weighted by Gasteiger charge is 2.21. The summed E-state index contributed by atoms with van der Waals surface area (Å²) < 4.78 is 23.4. The van der Waals surface area contributed by atoms with E-state index in [1.807, 2.05) is 0 Å². The first-order chi connectivity index (χ1) is 9.56. The Balaban J connectivity index is 2.64. The Morgan fingerprint density at radius 3 is 2.20 bits per heavy atom. The van der Waals surface area contributed by atoms with Crippen LogP contribution in [0.3, 0.4) is 0 Å². The van der Waals surface area contributed by atoms with Gasteiger partial charge in [0.05, 0.1) is 5.56 Å². The standard InChI is InChI=1S/C13H15FN4O2/c1-19-12(20-2)10-9(11(15)18-13(16)17-10)7-3-5-8(14)6-4-7/h3-6,12H,1-2H3,(H4,15,16,17,18). The van der Waals surface area contributed by atoms with Crippen molar-refractivity contribution in [3.8, 4) is 11.1 Å². The molecule has 0 fully saturated rings. The number of nitrogens with two attached hydrogens (primary N) is 2. The van der Waals surface area contributed by atoms with Crippen LogP contribution in [0.2, 0.25) is 0 Å². The Labute approximate surface area is 115 Å². The SMILES string of the molecule is COC(OC)c1nc(N)nc(N)c1-c1ccc(F)cc1. The summed E-state index contributed by atoms with van der Waals surface area (Å²) in [4.78, 5) is 8.04. The average Bonchev–Trinajstić information content (AvgIpc) is 2.41. The van der Waals surface area contributed by atoms with Gasteiger partial charge in [-0.1, -0.05) is 12.1 Å². The van der Waals surface area contributed by atoms with Crippen molar-refractivity contribution in [1.82, 2.24) is 9.97 Å². The summed E-state index contributed by atoms with van der Waals surface area (Å²) in [5.74, 6) is -0.152. The van der Waals surface area contributed by atoms with E-state index in [2.05, 4.69) is 9.97 Å². The molecule has 0 amide bonds. The van der Waals surface area contributed by atoms with Gasteiger partial charge in [0, 0.05) is 14.2 Å². The molecule has 1 aromatic carbocycles. The van der Waals surface area contributed by atoms with Gasteiger partial charge < -0.3 is 20.9 Å². The molecule has 1 aromatic heterocycles. The zero-order valence-corrected chi connectivity index (χ0v) is 11.1. The molecule has 0 saturated heterocycles. The molecular formula is C13H15FN4O2. The maximum absolute atomic E-state index is 13.0. The van der Waals surface area contributed by atoms with Crippen molar-refractivity contribution in [2.45, 2.75) is 6.29 Å². The fourth-order valence-corrected chi connectivity index (χ4v) is 1.92. The van der Waals surface area contributed by atoms with Crippen LogP contribution in [0.5, 0.6) is 0 Å². The van der Waals surface area contributed by atoms with Crippen molar-refractivity contribution in [3.05, 3.63) is 35.8 Å². The molecule has 1 heterocycles. The van der Waals surface area contributed by atoms with Gasteiger partial charge in [-0.25, -0.2) is 9.37 Å². The highest BCUT2D eigenvalue weighted by molar-refractivity contribution is 5.76. The van der Waals surface area contributed by atoms with Gasteiger partial charge >= 0.3 is 0 Å². The van der Waals surface area contributed by atoms with Crippen LogP contribution in [-0.2, 0) is 9.47 Å². The highest BCUT2D eigenvalue weighted by atomic mass is 19.1. The number of hydrogen-bond acceptors (Lipinski definition) is 6. The summed E-state index contributed by atoms with van der Waals surface area (Å²) in [6, 6.07) is 5.80. The molecule has 2 aromatic rings. The molecule has 0 bridgehead atoms. The molecule has 0 aliphatic carbocycles. The summed E-state index contributed by atoms with van der Waals surface area (Å²) in [6.07, 6.45) is -0.748. The van der Waals surface area contributed by atoms with E-state index in [-0.39, 0.29) is 17.6 Å². The van der Waals surface area contributed by atoms with E-state index in [0.717, 1.165) is 0 Å². The minimum Gasteiger partial charge on any atom is -0.383 e. The van der Waals surface area contributed by atoms with Crippen LogP contribution in [0.25, 0.3) is 11.1 Å². The van der Waals surface area contributed by atoms with Gasteiger partial charge in [0.1, 0.15) is 17.3 Å². The summed E-state index contributed by atoms with van der Waals surface area (Å²) >= 11 is 0. The molecule has 0 radical (unpaired) electrons. The largest absolute Gasteiger partial charge is 0.383 e. The highest BCUT2D eigenvalue weighted by Crippen LogP contribution is 2.33. The minimum atomic E-state index is -0.748. The Kier molecular flexibility index (Phi) is 4.11. The van der Waals surface area contributed by atoms with Crippen LogP contribution in [0.1, 0.15) is 12.0 Å². The summed E-state index contributed by atoms with van der Waals surface area (Å²) in [5.41, 5.74) is 13.1. The zero-order valence-electron chi connectivity index (χ0n) is 11.1. The van der Waals surface area contributed by atoms with E-state index in [9.17, 15) is 4.39 Å². The Morgan fingerprint density at radius 1 is 1.05 bits per heavy atom. The van der Waals surface area contributed by atoms with Crippen molar-refractivity contribution in [1.29, 1.82) is 0 Å². The van der Waals surface area contributed by atoms with Gasteiger partial charge in [0.25, 0.3) is 0 Å². The molecule has 7 heteroatoms. The van der Waals surface area contributed by atoms with Crippen LogP contribution in [-0.4, -0.2) is 24.2 Å². The molecule has 2 rings (SSSR count). The lowest BCUT2D eigenvalue weighted by Gasteiger charge is -2.18. The number of anilines is 2. The van der Waals surface area contributed by atoms with E-state index in [0.29, 0.717) is 16.8 Å². The molecule has 4 N–H and O–H groups in total. The lowest BCUT2D eigenvalue weighted by Crippen LogP contribution is -2.13.